The molecule has 0 spiro atoms. The number of nitrogens with zero attached hydrogens (tertiary/aromatic N) is 3. The van der Waals surface area contributed by atoms with Gasteiger partial charge in [-0.1, -0.05) is 0 Å². The number of likely N-dealkylation sites (N-methyl/N-ethyl adjacent to an activating group) is 1. The molecular weight excluding hydrogens is 331 g/mol. The molecule has 8 heteroatoms. The monoisotopic (exact) mass is 357 g/mol. The van der Waals surface area contributed by atoms with Gasteiger partial charge in [0, 0.05) is 37.9 Å². The van der Waals surface area contributed by atoms with E-state index in [1.165, 1.54) is 6.07 Å². The normalized spacial score (nSPS) is 17.2. The van der Waals surface area contributed by atoms with Gasteiger partial charge in [0.1, 0.15) is 0 Å². The third-order valence-electron chi connectivity index (χ3n) is 4.11. The van der Waals surface area contributed by atoms with Crippen LogP contribution in [0.5, 0.6) is 0 Å². The van der Waals surface area contributed by atoms with Crippen molar-refractivity contribution in [2.24, 2.45) is 10.7 Å². The molecule has 3 N–H and O–H groups in total. The van der Waals surface area contributed by atoms with Crippen LogP contribution in [0.15, 0.2) is 23.2 Å². The van der Waals surface area contributed by atoms with Crippen LogP contribution >= 0.6 is 0 Å². The summed E-state index contributed by atoms with van der Waals surface area (Å²) < 4.78 is 39.2. The van der Waals surface area contributed by atoms with Crippen molar-refractivity contribution in [3.8, 4) is 0 Å². The first-order valence-electron chi connectivity index (χ1n) is 8.37. The van der Waals surface area contributed by atoms with Crippen LogP contribution in [0.3, 0.4) is 0 Å². The first kappa shape index (κ1) is 19.4. The maximum Gasteiger partial charge on any atom is 0.416 e. The van der Waals surface area contributed by atoms with E-state index in [1.54, 1.807) is 6.07 Å². The topological polar surface area (TPSA) is 56.9 Å². The third kappa shape index (κ3) is 5.52. The van der Waals surface area contributed by atoms with Crippen molar-refractivity contribution in [1.82, 2.24) is 10.2 Å². The van der Waals surface area contributed by atoms with Crippen LogP contribution in [0.1, 0.15) is 25.0 Å². The molecule has 1 aliphatic heterocycles. The summed E-state index contributed by atoms with van der Waals surface area (Å²) in [6.45, 7) is 7.25. The number of halogens is 3. The number of hydrogen-bond acceptors (Lipinski definition) is 3. The van der Waals surface area contributed by atoms with Gasteiger partial charge in [0.15, 0.2) is 5.96 Å². The van der Waals surface area contributed by atoms with Gasteiger partial charge in [-0.3, -0.25) is 0 Å². The van der Waals surface area contributed by atoms with Crippen LogP contribution < -0.4 is 16.0 Å². The minimum Gasteiger partial charge on any atom is -0.370 e. The number of anilines is 1. The van der Waals surface area contributed by atoms with Gasteiger partial charge in [-0.15, -0.1) is 0 Å². The van der Waals surface area contributed by atoms with Crippen LogP contribution in [-0.2, 0) is 12.7 Å². The molecule has 1 fully saturated rings. The second-order valence-corrected chi connectivity index (χ2v) is 6.63. The molecule has 1 heterocycles. The summed E-state index contributed by atoms with van der Waals surface area (Å²) in [6, 6.07) is 3.98. The number of benzene rings is 1. The van der Waals surface area contributed by atoms with Gasteiger partial charge in [0.2, 0.25) is 0 Å². The Morgan fingerprint density at radius 3 is 2.44 bits per heavy atom. The molecular formula is C17H26F3N5. The predicted octanol–water partition coefficient (Wildman–Crippen LogP) is 2.27. The molecule has 25 heavy (non-hydrogen) atoms. The Morgan fingerprint density at radius 1 is 1.24 bits per heavy atom. The molecule has 0 amide bonds. The summed E-state index contributed by atoms with van der Waals surface area (Å²) in [7, 11) is 2.04. The minimum absolute atomic E-state index is 0.108. The van der Waals surface area contributed by atoms with E-state index in [9.17, 15) is 13.2 Å². The summed E-state index contributed by atoms with van der Waals surface area (Å²) in [5, 5.41) is 2.95. The highest BCUT2D eigenvalue weighted by Gasteiger charge is 2.31. The minimum atomic E-state index is -4.37. The van der Waals surface area contributed by atoms with E-state index in [0.717, 1.165) is 37.9 Å². The highest BCUT2D eigenvalue weighted by atomic mass is 19.4. The smallest absolute Gasteiger partial charge is 0.370 e. The van der Waals surface area contributed by atoms with Gasteiger partial charge in [-0.25, -0.2) is 4.99 Å². The number of guanidine groups is 1. The van der Waals surface area contributed by atoms with Crippen molar-refractivity contribution < 1.29 is 13.2 Å². The lowest BCUT2D eigenvalue weighted by Crippen LogP contribution is -2.44. The van der Waals surface area contributed by atoms with E-state index >= 15 is 0 Å². The summed E-state index contributed by atoms with van der Waals surface area (Å²) in [5.74, 6) is 0.233. The fraction of sp³-hybridized carbons (Fsp3) is 0.588. The van der Waals surface area contributed by atoms with Gasteiger partial charge in [-0.05, 0) is 44.7 Å². The summed E-state index contributed by atoms with van der Waals surface area (Å²) in [6.07, 6.45) is -4.37. The number of alkyl halides is 3. The van der Waals surface area contributed by atoms with Gasteiger partial charge in [-0.2, -0.15) is 13.2 Å². The Bertz CT molecular complexity index is 605. The molecule has 1 saturated heterocycles. The second-order valence-electron chi connectivity index (χ2n) is 6.63. The van der Waals surface area contributed by atoms with Crippen molar-refractivity contribution in [1.29, 1.82) is 0 Å². The Balaban J connectivity index is 2.28. The Hall–Kier alpha value is -1.96. The lowest BCUT2D eigenvalue weighted by Gasteiger charge is -2.35. The van der Waals surface area contributed by atoms with E-state index in [2.05, 4.69) is 20.1 Å². The molecule has 2 rings (SSSR count). The highest BCUT2D eigenvalue weighted by Crippen LogP contribution is 2.33. The standard InChI is InChI=1S/C17H26F3N5/c1-12(2)23-16(21)22-11-13-10-14(17(18,19)20)4-5-15(13)25-8-6-24(3)7-9-25/h4-5,10,12H,6-9,11H2,1-3H3,(H3,21,22,23). The van der Waals surface area contributed by atoms with Crippen molar-refractivity contribution in [3.63, 3.8) is 0 Å². The molecule has 5 nitrogen and oxygen atoms in total. The van der Waals surface area contributed by atoms with Crippen molar-refractivity contribution in [3.05, 3.63) is 29.3 Å². The van der Waals surface area contributed by atoms with E-state index in [0.29, 0.717) is 5.56 Å². The molecule has 0 aliphatic carbocycles. The average molecular weight is 357 g/mol. The fourth-order valence-electron chi connectivity index (χ4n) is 2.76. The molecule has 0 atom stereocenters. The number of piperazine rings is 1. The first-order chi connectivity index (χ1) is 11.7. The molecule has 0 bridgehead atoms. The molecule has 1 aromatic carbocycles. The van der Waals surface area contributed by atoms with Crippen LogP contribution in [0.4, 0.5) is 18.9 Å². The van der Waals surface area contributed by atoms with Crippen LogP contribution in [-0.4, -0.2) is 50.1 Å². The summed E-state index contributed by atoms with van der Waals surface area (Å²) >= 11 is 0. The molecule has 0 saturated carbocycles. The first-order valence-corrected chi connectivity index (χ1v) is 8.37. The highest BCUT2D eigenvalue weighted by molar-refractivity contribution is 5.78. The summed E-state index contributed by atoms with van der Waals surface area (Å²) in [4.78, 5) is 8.51. The van der Waals surface area contributed by atoms with Gasteiger partial charge < -0.3 is 20.9 Å². The molecule has 0 radical (unpaired) electrons. The Kier molecular flexibility index (Phi) is 6.16. The van der Waals surface area contributed by atoms with E-state index < -0.39 is 11.7 Å². The SMILES string of the molecule is CC(C)NC(N)=NCc1cc(C(F)(F)F)ccc1N1CCN(C)CC1. The zero-order valence-electron chi connectivity index (χ0n) is 14.9. The van der Waals surface area contributed by atoms with Crippen molar-refractivity contribution >= 4 is 11.6 Å². The maximum absolute atomic E-state index is 13.1. The van der Waals surface area contributed by atoms with E-state index in [4.69, 9.17) is 5.73 Å². The van der Waals surface area contributed by atoms with Crippen LogP contribution in [0, 0.1) is 0 Å². The van der Waals surface area contributed by atoms with Crippen molar-refractivity contribution in [2.45, 2.75) is 32.6 Å². The fourth-order valence-corrected chi connectivity index (χ4v) is 2.76. The number of rotatable bonds is 4. The zero-order valence-corrected chi connectivity index (χ0v) is 14.9. The molecule has 140 valence electrons. The molecule has 0 unspecified atom stereocenters. The van der Waals surface area contributed by atoms with Crippen LogP contribution in [0.2, 0.25) is 0 Å². The van der Waals surface area contributed by atoms with E-state index in [-0.39, 0.29) is 18.5 Å². The maximum atomic E-state index is 13.1. The Labute approximate surface area is 146 Å². The average Bonchev–Trinajstić information content (AvgIpc) is 2.52. The molecule has 1 aromatic rings. The lowest BCUT2D eigenvalue weighted by atomic mass is 10.1. The zero-order chi connectivity index (χ0) is 18.6. The van der Waals surface area contributed by atoms with Gasteiger partial charge in [0.25, 0.3) is 0 Å². The van der Waals surface area contributed by atoms with Crippen molar-refractivity contribution in [2.75, 3.05) is 38.1 Å². The lowest BCUT2D eigenvalue weighted by molar-refractivity contribution is -0.137. The number of hydrogen-bond donors (Lipinski definition) is 2. The molecule has 0 aromatic heterocycles. The Morgan fingerprint density at radius 2 is 1.88 bits per heavy atom. The van der Waals surface area contributed by atoms with Gasteiger partial charge in [0.05, 0.1) is 12.1 Å². The van der Waals surface area contributed by atoms with Crippen LogP contribution in [0.25, 0.3) is 0 Å². The summed E-state index contributed by atoms with van der Waals surface area (Å²) in [5.41, 5.74) is 6.46. The number of aliphatic imine (C=N–C) groups is 1. The van der Waals surface area contributed by atoms with E-state index in [1.807, 2.05) is 20.9 Å². The molecule has 1 aliphatic rings. The largest absolute Gasteiger partial charge is 0.416 e. The number of nitrogens with two attached hydrogens (primary N) is 1. The number of nitrogens with one attached hydrogen (secondary N) is 1. The third-order valence-corrected chi connectivity index (χ3v) is 4.11. The van der Waals surface area contributed by atoms with Gasteiger partial charge >= 0.3 is 6.18 Å². The second kappa shape index (κ2) is 7.95. The quantitative estimate of drug-likeness (QED) is 0.641. The predicted molar refractivity (Wildman–Crippen MR) is 94.8 cm³/mol.